The standard InChI is InChI=1S/C17H24N4/c1-5-7-15-20-16(18-6-2)11-17(21-15)19-14-10-12(3)8-9-13(14)4/h8-11H,5-7H2,1-4H3,(H2,18,19,20,21). The minimum atomic E-state index is 0.845. The van der Waals surface area contributed by atoms with Crippen LogP contribution in [0.15, 0.2) is 24.3 Å². The molecule has 0 fully saturated rings. The summed E-state index contributed by atoms with van der Waals surface area (Å²) in [4.78, 5) is 9.14. The minimum absolute atomic E-state index is 0.845. The molecule has 0 atom stereocenters. The molecule has 0 radical (unpaired) electrons. The van der Waals surface area contributed by atoms with Gasteiger partial charge >= 0.3 is 0 Å². The zero-order chi connectivity index (χ0) is 15.2. The molecule has 4 heteroatoms. The van der Waals surface area contributed by atoms with E-state index in [1.165, 1.54) is 11.1 Å². The van der Waals surface area contributed by atoms with E-state index in [0.717, 1.165) is 42.5 Å². The van der Waals surface area contributed by atoms with Crippen LogP contribution in [0.3, 0.4) is 0 Å². The van der Waals surface area contributed by atoms with Crippen LogP contribution in [-0.4, -0.2) is 16.5 Å². The SMILES string of the molecule is CCCc1nc(NCC)cc(Nc2cc(C)ccc2C)n1. The van der Waals surface area contributed by atoms with Crippen molar-refractivity contribution in [3.8, 4) is 0 Å². The second-order valence-electron chi connectivity index (χ2n) is 5.28. The molecule has 2 rings (SSSR count). The minimum Gasteiger partial charge on any atom is -0.370 e. The van der Waals surface area contributed by atoms with E-state index in [9.17, 15) is 0 Å². The average molecular weight is 284 g/mol. The van der Waals surface area contributed by atoms with Crippen molar-refractivity contribution in [3.63, 3.8) is 0 Å². The van der Waals surface area contributed by atoms with E-state index >= 15 is 0 Å². The fourth-order valence-electron chi connectivity index (χ4n) is 2.18. The van der Waals surface area contributed by atoms with Gasteiger partial charge in [0.1, 0.15) is 17.5 Å². The number of hydrogen-bond acceptors (Lipinski definition) is 4. The van der Waals surface area contributed by atoms with E-state index in [-0.39, 0.29) is 0 Å². The van der Waals surface area contributed by atoms with Crippen molar-refractivity contribution in [1.82, 2.24) is 9.97 Å². The first-order valence-electron chi connectivity index (χ1n) is 7.58. The molecule has 1 aromatic heterocycles. The van der Waals surface area contributed by atoms with Gasteiger partial charge < -0.3 is 10.6 Å². The van der Waals surface area contributed by atoms with Crippen LogP contribution in [0.2, 0.25) is 0 Å². The molecule has 0 spiro atoms. The van der Waals surface area contributed by atoms with Crippen LogP contribution >= 0.6 is 0 Å². The Kier molecular flexibility index (Phi) is 5.14. The predicted octanol–water partition coefficient (Wildman–Crippen LogP) is 4.22. The summed E-state index contributed by atoms with van der Waals surface area (Å²) in [6.07, 6.45) is 1.93. The monoisotopic (exact) mass is 284 g/mol. The summed E-state index contributed by atoms with van der Waals surface area (Å²) in [7, 11) is 0. The first-order valence-corrected chi connectivity index (χ1v) is 7.58. The highest BCUT2D eigenvalue weighted by molar-refractivity contribution is 5.63. The van der Waals surface area contributed by atoms with E-state index in [1.54, 1.807) is 0 Å². The van der Waals surface area contributed by atoms with E-state index < -0.39 is 0 Å². The lowest BCUT2D eigenvalue weighted by atomic mass is 10.1. The number of aromatic nitrogens is 2. The molecule has 0 aliphatic carbocycles. The second kappa shape index (κ2) is 7.07. The third kappa shape index (κ3) is 4.18. The van der Waals surface area contributed by atoms with Crippen molar-refractivity contribution in [2.45, 2.75) is 40.5 Å². The molecule has 4 nitrogen and oxygen atoms in total. The molecule has 0 saturated heterocycles. The Morgan fingerprint density at radius 1 is 1.00 bits per heavy atom. The Labute approximate surface area is 127 Å². The summed E-state index contributed by atoms with van der Waals surface area (Å²) in [6.45, 7) is 9.25. The summed E-state index contributed by atoms with van der Waals surface area (Å²) < 4.78 is 0. The van der Waals surface area contributed by atoms with Crippen molar-refractivity contribution >= 4 is 17.3 Å². The number of nitrogens with zero attached hydrogens (tertiary/aromatic N) is 2. The van der Waals surface area contributed by atoms with Crippen molar-refractivity contribution in [2.75, 3.05) is 17.2 Å². The number of hydrogen-bond donors (Lipinski definition) is 2. The number of benzene rings is 1. The van der Waals surface area contributed by atoms with Gasteiger partial charge in [0.25, 0.3) is 0 Å². The van der Waals surface area contributed by atoms with Gasteiger partial charge in [-0.25, -0.2) is 9.97 Å². The Balaban J connectivity index is 2.31. The van der Waals surface area contributed by atoms with Gasteiger partial charge in [-0.15, -0.1) is 0 Å². The zero-order valence-corrected chi connectivity index (χ0v) is 13.3. The van der Waals surface area contributed by atoms with E-state index in [4.69, 9.17) is 0 Å². The van der Waals surface area contributed by atoms with Crippen LogP contribution < -0.4 is 10.6 Å². The molecule has 1 aromatic carbocycles. The van der Waals surface area contributed by atoms with Gasteiger partial charge in [0.15, 0.2) is 0 Å². The van der Waals surface area contributed by atoms with Crippen LogP contribution in [0, 0.1) is 13.8 Å². The van der Waals surface area contributed by atoms with Crippen molar-refractivity contribution in [1.29, 1.82) is 0 Å². The molecule has 1 heterocycles. The Hall–Kier alpha value is -2.10. The average Bonchev–Trinajstić information content (AvgIpc) is 2.43. The third-order valence-corrected chi connectivity index (χ3v) is 3.26. The van der Waals surface area contributed by atoms with Crippen molar-refractivity contribution in [3.05, 3.63) is 41.2 Å². The first kappa shape index (κ1) is 15.3. The maximum absolute atomic E-state index is 4.61. The van der Waals surface area contributed by atoms with Gasteiger partial charge in [-0.3, -0.25) is 0 Å². The fourth-order valence-corrected chi connectivity index (χ4v) is 2.18. The summed E-state index contributed by atoms with van der Waals surface area (Å²) in [6, 6.07) is 8.35. The molecule has 0 unspecified atom stereocenters. The van der Waals surface area contributed by atoms with Crippen LogP contribution in [0.5, 0.6) is 0 Å². The molecule has 0 amide bonds. The van der Waals surface area contributed by atoms with E-state index in [1.807, 2.05) is 6.07 Å². The highest BCUT2D eigenvalue weighted by Crippen LogP contribution is 2.22. The summed E-state index contributed by atoms with van der Waals surface area (Å²) in [5.74, 6) is 2.60. The van der Waals surface area contributed by atoms with Crippen LogP contribution in [-0.2, 0) is 6.42 Å². The number of rotatable bonds is 6. The van der Waals surface area contributed by atoms with Crippen molar-refractivity contribution in [2.24, 2.45) is 0 Å². The molecule has 0 bridgehead atoms. The largest absolute Gasteiger partial charge is 0.370 e. The summed E-state index contributed by atoms with van der Waals surface area (Å²) >= 11 is 0. The Bertz CT molecular complexity index is 583. The van der Waals surface area contributed by atoms with Crippen LogP contribution in [0.25, 0.3) is 0 Å². The van der Waals surface area contributed by atoms with Gasteiger partial charge in [-0.2, -0.15) is 0 Å². The van der Waals surface area contributed by atoms with Gasteiger partial charge in [-0.05, 0) is 44.4 Å². The van der Waals surface area contributed by atoms with Gasteiger partial charge in [0.05, 0.1) is 0 Å². The van der Waals surface area contributed by atoms with Crippen LogP contribution in [0.1, 0.15) is 37.2 Å². The second-order valence-corrected chi connectivity index (χ2v) is 5.28. The molecular weight excluding hydrogens is 260 g/mol. The summed E-state index contributed by atoms with van der Waals surface area (Å²) in [5.41, 5.74) is 3.54. The lowest BCUT2D eigenvalue weighted by Crippen LogP contribution is -2.06. The molecule has 2 aromatic rings. The lowest BCUT2D eigenvalue weighted by Gasteiger charge is -2.12. The van der Waals surface area contributed by atoms with E-state index in [0.29, 0.717) is 0 Å². The first-order chi connectivity index (χ1) is 10.1. The molecule has 2 N–H and O–H groups in total. The van der Waals surface area contributed by atoms with E-state index in [2.05, 4.69) is 66.5 Å². The topological polar surface area (TPSA) is 49.8 Å². The summed E-state index contributed by atoms with van der Waals surface area (Å²) in [5, 5.41) is 6.69. The molecule has 0 aliphatic rings. The van der Waals surface area contributed by atoms with Gasteiger partial charge in [0.2, 0.25) is 0 Å². The normalized spacial score (nSPS) is 10.5. The molecule has 21 heavy (non-hydrogen) atoms. The van der Waals surface area contributed by atoms with Gasteiger partial charge in [-0.1, -0.05) is 19.1 Å². The Morgan fingerprint density at radius 2 is 1.76 bits per heavy atom. The predicted molar refractivity (Wildman–Crippen MR) is 89.4 cm³/mol. The van der Waals surface area contributed by atoms with Crippen molar-refractivity contribution < 1.29 is 0 Å². The molecule has 0 aliphatic heterocycles. The number of aryl methyl sites for hydroxylation is 3. The zero-order valence-electron chi connectivity index (χ0n) is 13.3. The maximum atomic E-state index is 4.61. The molecular formula is C17H24N4. The number of nitrogens with one attached hydrogen (secondary N) is 2. The fraction of sp³-hybridized carbons (Fsp3) is 0.412. The maximum Gasteiger partial charge on any atom is 0.136 e. The molecule has 0 saturated carbocycles. The molecule has 112 valence electrons. The van der Waals surface area contributed by atoms with Gasteiger partial charge in [0, 0.05) is 24.7 Å². The lowest BCUT2D eigenvalue weighted by molar-refractivity contribution is 0.836. The third-order valence-electron chi connectivity index (χ3n) is 3.26. The quantitative estimate of drug-likeness (QED) is 0.833. The highest BCUT2D eigenvalue weighted by atomic mass is 15.1. The smallest absolute Gasteiger partial charge is 0.136 e. The Morgan fingerprint density at radius 3 is 2.48 bits per heavy atom. The van der Waals surface area contributed by atoms with Crippen LogP contribution in [0.4, 0.5) is 17.3 Å². The highest BCUT2D eigenvalue weighted by Gasteiger charge is 2.06. The number of anilines is 3.